The normalized spacial score (nSPS) is 25.7. The van der Waals surface area contributed by atoms with Crippen molar-refractivity contribution >= 4 is 28.7 Å². The van der Waals surface area contributed by atoms with Crippen LogP contribution in [0.4, 0.5) is 32.4 Å². The van der Waals surface area contributed by atoms with Crippen molar-refractivity contribution in [2.45, 2.75) is 62.3 Å². The van der Waals surface area contributed by atoms with Gasteiger partial charge >= 0.3 is 12.2 Å². The van der Waals surface area contributed by atoms with E-state index in [2.05, 4.69) is 19.9 Å². The highest BCUT2D eigenvalue weighted by atomic mass is 19.4. The number of H-pyrrole nitrogens is 1. The zero-order chi connectivity index (χ0) is 27.1. The molecule has 2 aliphatic carbocycles. The van der Waals surface area contributed by atoms with Crippen molar-refractivity contribution in [1.82, 2.24) is 24.8 Å². The summed E-state index contributed by atoms with van der Waals surface area (Å²) in [5, 5.41) is 0.291. The van der Waals surface area contributed by atoms with E-state index in [0.29, 0.717) is 43.7 Å². The van der Waals surface area contributed by atoms with E-state index >= 15 is 0 Å². The second-order valence-corrected chi connectivity index (χ2v) is 10.2. The summed E-state index contributed by atoms with van der Waals surface area (Å²) in [6.45, 7) is 0.358. The summed E-state index contributed by atoms with van der Waals surface area (Å²) in [4.78, 5) is 42.9. The van der Waals surface area contributed by atoms with E-state index in [4.69, 9.17) is 4.74 Å². The molecule has 0 unspecified atom stereocenters. The summed E-state index contributed by atoms with van der Waals surface area (Å²) < 4.78 is 73.5. The van der Waals surface area contributed by atoms with Crippen LogP contribution in [0.25, 0.3) is 11.0 Å². The van der Waals surface area contributed by atoms with Gasteiger partial charge in [-0.05, 0) is 37.8 Å². The van der Waals surface area contributed by atoms with Crippen LogP contribution < -0.4 is 9.64 Å². The van der Waals surface area contributed by atoms with E-state index in [0.717, 1.165) is 29.0 Å². The summed E-state index contributed by atoms with van der Waals surface area (Å²) in [5.74, 6) is -3.52. The largest absolute Gasteiger partial charge is 0.470 e. The first-order chi connectivity index (χ1) is 17.8. The number of rotatable bonds is 5. The van der Waals surface area contributed by atoms with Crippen LogP contribution in [0.2, 0.25) is 0 Å². The van der Waals surface area contributed by atoms with Crippen molar-refractivity contribution in [3.8, 4) is 5.88 Å². The Hall–Kier alpha value is -3.84. The number of urea groups is 1. The molecule has 1 N–H and O–H groups in total. The Morgan fingerprint density at radius 3 is 2.45 bits per heavy atom. The number of carbonyl (C=O) groups excluding carboxylic acids is 2. The van der Waals surface area contributed by atoms with Gasteiger partial charge < -0.3 is 9.72 Å². The molecule has 3 aromatic rings. The maximum atomic E-state index is 13.9. The van der Waals surface area contributed by atoms with E-state index in [1.165, 1.54) is 12.4 Å². The number of pyridine rings is 1. The second-order valence-electron chi connectivity index (χ2n) is 10.2. The highest BCUT2D eigenvalue weighted by Crippen LogP contribution is 2.56. The Morgan fingerprint density at radius 1 is 1.03 bits per heavy atom. The number of halogens is 5. The molecule has 3 aromatic heterocycles. The lowest BCUT2D eigenvalue weighted by Gasteiger charge is -2.34. The highest BCUT2D eigenvalue weighted by Gasteiger charge is 2.63. The van der Waals surface area contributed by atoms with Crippen molar-refractivity contribution in [1.29, 1.82) is 0 Å². The molecule has 1 saturated heterocycles. The van der Waals surface area contributed by atoms with Crippen LogP contribution in [0, 0.1) is 0 Å². The SMILES string of the molecule is CC(F)(F)c1cc2c(OC34CCC(N5C(=O)CN(c6cncc(C(F)(F)F)c6)C5=O)(CC3)C4)ncnc2[nH]1. The third-order valence-corrected chi connectivity index (χ3v) is 7.72. The topological polar surface area (TPSA) is 104 Å². The van der Waals surface area contributed by atoms with E-state index in [1.807, 2.05) is 0 Å². The lowest BCUT2D eigenvalue weighted by molar-refractivity contribution is -0.137. The van der Waals surface area contributed by atoms with Crippen LogP contribution in [0.15, 0.2) is 30.9 Å². The standard InChI is InChI=1S/C24H21F5N6O3/c1-21(25,26)16-7-15-18(33-16)31-12-32-19(15)38-23-4-2-22(11-23,3-5-23)35-17(36)10-34(20(35)37)14-6-13(8-30-9-14)24(27,28)29/h6-9,12H,2-5,10-11H2,1H3,(H,31,32,33). The van der Waals surface area contributed by atoms with Crippen molar-refractivity contribution in [2.75, 3.05) is 11.4 Å². The van der Waals surface area contributed by atoms with Gasteiger partial charge in [-0.2, -0.15) is 13.2 Å². The molecule has 6 rings (SSSR count). The summed E-state index contributed by atoms with van der Waals surface area (Å²) in [5.41, 5.74) is -2.94. The zero-order valence-electron chi connectivity index (χ0n) is 20.0. The number of alkyl halides is 5. The van der Waals surface area contributed by atoms with E-state index in [1.54, 1.807) is 0 Å². The number of carbonyl (C=O) groups is 2. The Bertz CT molecular complexity index is 1460. The van der Waals surface area contributed by atoms with Gasteiger partial charge in [-0.3, -0.25) is 19.6 Å². The van der Waals surface area contributed by atoms with Crippen LogP contribution >= 0.6 is 0 Å². The lowest BCUT2D eigenvalue weighted by Crippen LogP contribution is -2.49. The van der Waals surface area contributed by atoms with Gasteiger partial charge in [0.25, 0.3) is 11.8 Å². The molecule has 3 amide bonds. The number of aromatic amines is 1. The molecule has 0 spiro atoms. The first kappa shape index (κ1) is 24.5. The van der Waals surface area contributed by atoms with E-state index in [9.17, 15) is 31.5 Å². The van der Waals surface area contributed by atoms with Gasteiger partial charge in [-0.15, -0.1) is 0 Å². The number of hydrogen-bond donors (Lipinski definition) is 1. The number of aromatic nitrogens is 4. The van der Waals surface area contributed by atoms with Crippen molar-refractivity contribution in [3.05, 3.63) is 42.1 Å². The average molecular weight is 536 g/mol. The monoisotopic (exact) mass is 536 g/mol. The number of ether oxygens (including phenoxy) is 1. The van der Waals surface area contributed by atoms with Crippen LogP contribution in [-0.4, -0.2) is 54.5 Å². The minimum Gasteiger partial charge on any atom is -0.470 e. The zero-order valence-corrected chi connectivity index (χ0v) is 20.0. The van der Waals surface area contributed by atoms with E-state index < -0.39 is 47.3 Å². The molecule has 0 atom stereocenters. The Kier molecular flexibility index (Phi) is 5.05. The van der Waals surface area contributed by atoms with E-state index in [-0.39, 0.29) is 22.9 Å². The van der Waals surface area contributed by atoms with Gasteiger partial charge in [0.1, 0.15) is 24.1 Å². The highest BCUT2D eigenvalue weighted by molar-refractivity contribution is 6.12. The first-order valence-electron chi connectivity index (χ1n) is 11.9. The molecule has 14 heteroatoms. The molecular weight excluding hydrogens is 515 g/mol. The van der Waals surface area contributed by atoms with Crippen molar-refractivity contribution in [3.63, 3.8) is 0 Å². The predicted octanol–water partition coefficient (Wildman–Crippen LogP) is 4.79. The molecule has 2 saturated carbocycles. The number of amides is 3. The molecule has 1 aliphatic heterocycles. The maximum Gasteiger partial charge on any atom is 0.417 e. The molecule has 2 bridgehead atoms. The number of anilines is 1. The Labute approximate surface area is 212 Å². The lowest BCUT2D eigenvalue weighted by atomic mass is 9.91. The quantitative estimate of drug-likeness (QED) is 0.372. The van der Waals surface area contributed by atoms with Crippen LogP contribution in [-0.2, 0) is 16.9 Å². The van der Waals surface area contributed by atoms with Gasteiger partial charge in [0.15, 0.2) is 0 Å². The Balaban J connectivity index is 1.26. The van der Waals surface area contributed by atoms with Gasteiger partial charge in [0.05, 0.1) is 34.1 Å². The van der Waals surface area contributed by atoms with Crippen LogP contribution in [0.5, 0.6) is 5.88 Å². The van der Waals surface area contributed by atoms with Crippen LogP contribution in [0.3, 0.4) is 0 Å². The molecule has 200 valence electrons. The number of nitrogens with one attached hydrogen (secondary N) is 1. The fourth-order valence-electron chi connectivity index (χ4n) is 5.91. The molecule has 0 aromatic carbocycles. The first-order valence-corrected chi connectivity index (χ1v) is 11.9. The van der Waals surface area contributed by atoms with Gasteiger partial charge in [-0.25, -0.2) is 23.5 Å². The van der Waals surface area contributed by atoms with Gasteiger partial charge in [0, 0.05) is 19.5 Å². The molecule has 38 heavy (non-hydrogen) atoms. The molecule has 4 heterocycles. The molecule has 0 radical (unpaired) electrons. The molecule has 9 nitrogen and oxygen atoms in total. The maximum absolute atomic E-state index is 13.9. The van der Waals surface area contributed by atoms with Crippen molar-refractivity contribution < 1.29 is 36.3 Å². The summed E-state index contributed by atoms with van der Waals surface area (Å²) in [6, 6.07) is 1.33. The minimum absolute atomic E-state index is 0.116. The molecular formula is C24H21F5N6O3. The second kappa shape index (κ2) is 7.84. The fraction of sp³-hybridized carbons (Fsp3) is 0.458. The summed E-state index contributed by atoms with van der Waals surface area (Å²) >= 11 is 0. The summed E-state index contributed by atoms with van der Waals surface area (Å²) in [6.07, 6.45) is 0.417. The van der Waals surface area contributed by atoms with Crippen LogP contribution in [0.1, 0.15) is 50.3 Å². The number of fused-ring (bicyclic) bond motifs is 3. The van der Waals surface area contributed by atoms with Crippen molar-refractivity contribution in [2.24, 2.45) is 0 Å². The number of hydrogen-bond acceptors (Lipinski definition) is 6. The fourth-order valence-corrected chi connectivity index (χ4v) is 5.91. The van der Waals surface area contributed by atoms with Gasteiger partial charge in [0.2, 0.25) is 5.88 Å². The smallest absolute Gasteiger partial charge is 0.417 e. The number of imide groups is 1. The van der Waals surface area contributed by atoms with Gasteiger partial charge in [-0.1, -0.05) is 0 Å². The third-order valence-electron chi connectivity index (χ3n) is 7.72. The Morgan fingerprint density at radius 2 is 1.76 bits per heavy atom. The third kappa shape index (κ3) is 3.76. The summed E-state index contributed by atoms with van der Waals surface area (Å²) in [7, 11) is 0. The molecule has 3 fully saturated rings. The molecule has 3 aliphatic rings. The average Bonchev–Trinajstić information content (AvgIpc) is 3.59. The minimum atomic E-state index is -4.65. The predicted molar refractivity (Wildman–Crippen MR) is 121 cm³/mol. The number of nitrogens with zero attached hydrogens (tertiary/aromatic N) is 5.